The molecule has 4 aliphatic rings. The molecule has 5 aromatic heterocycles. The Morgan fingerprint density at radius 1 is 0.557 bits per heavy atom. The van der Waals surface area contributed by atoms with E-state index in [1.807, 2.05) is 39.6 Å². The molecule has 21 nitrogen and oxygen atoms in total. The van der Waals surface area contributed by atoms with Gasteiger partial charge in [-0.2, -0.15) is 0 Å². The summed E-state index contributed by atoms with van der Waals surface area (Å²) in [6, 6.07) is 5.21. The molecule has 1 aliphatic carbocycles. The van der Waals surface area contributed by atoms with E-state index in [0.29, 0.717) is 94.5 Å². The lowest BCUT2D eigenvalue weighted by Crippen LogP contribution is -2.46. The average molecular weight is 1100 g/mol. The van der Waals surface area contributed by atoms with Crippen LogP contribution in [-0.2, 0) is 66.1 Å². The maximum Gasteiger partial charge on any atom is 0.337 e. The minimum atomic E-state index is -1.70. The van der Waals surface area contributed by atoms with Crippen molar-refractivity contribution in [3.63, 3.8) is 0 Å². The summed E-state index contributed by atoms with van der Waals surface area (Å²) in [5.41, 5.74) is -0.771. The molecule has 0 saturated heterocycles. The first-order chi connectivity index (χ1) is 37.7. The first-order valence-corrected chi connectivity index (χ1v) is 26.7. The van der Waals surface area contributed by atoms with Crippen LogP contribution in [0.3, 0.4) is 0 Å². The monoisotopic (exact) mass is 1100 g/mol. The number of amides is 6. The Bertz CT molecular complexity index is 3510. The van der Waals surface area contributed by atoms with Gasteiger partial charge in [0.1, 0.15) is 22.7 Å². The maximum atomic E-state index is 13.6. The summed E-state index contributed by atoms with van der Waals surface area (Å²) >= 11 is 0. The summed E-state index contributed by atoms with van der Waals surface area (Å²) in [7, 11) is 0. The molecule has 9 rings (SSSR count). The third-order valence-electron chi connectivity index (χ3n) is 13.6. The van der Waals surface area contributed by atoms with Crippen molar-refractivity contribution < 1.29 is 55.2 Å². The fourth-order valence-corrected chi connectivity index (χ4v) is 9.59. The van der Waals surface area contributed by atoms with E-state index in [4.69, 9.17) is 17.7 Å². The van der Waals surface area contributed by atoms with E-state index in [2.05, 4.69) is 0 Å². The number of aromatic nitrogens is 2. The number of rotatable bonds is 17. The highest BCUT2D eigenvalue weighted by Gasteiger charge is 2.39. The topological polar surface area (TPSA) is 288 Å². The number of nitrogens with one attached hydrogen (secondary N) is 1. The molecule has 6 amide bonds. The molecular formula is C56H65F2N5O16. The first kappa shape index (κ1) is 60.3. The highest BCUT2D eigenvalue weighted by Crippen LogP contribution is 2.34. The van der Waals surface area contributed by atoms with Gasteiger partial charge in [-0.05, 0) is 92.9 Å². The van der Waals surface area contributed by atoms with Crippen molar-refractivity contribution in [2.75, 3.05) is 13.1 Å². The minimum Gasteiger partial charge on any atom is -0.426 e. The normalized spacial score (nSPS) is 15.1. The van der Waals surface area contributed by atoms with Crippen molar-refractivity contribution in [1.29, 1.82) is 0 Å². The van der Waals surface area contributed by atoms with Crippen LogP contribution in [0.1, 0.15) is 176 Å². The summed E-state index contributed by atoms with van der Waals surface area (Å²) < 4.78 is 46.8. The standard InChI is InChI=1S/C16H18FNO4.C15H19NO4.C13H15NO4.C12H13FN2O4/c1-9(17)18-13(19)8-12-15(16(18)21)11(7-14(20)22-12)4-2-3-10-5-6-10;1-3-5-6-10-8-13(18)20-11-9-12(17)16(7-4-2)15(19)14(10)11;1-3-5-14-10(15)7-9-12(13(14)17)8(4-2)6-11(16)18-9;1-2-3-4-7-5-8(16)19-11-9(7)10(17)14-12(18)15(11)6-13/h7,9-10H,2-6,8H2,1H3;8H,3-7,9H2,1-2H3;6H,3-5,7H2,1-2H3;5H,2-4,6H2,1H3,(H,14,17,18). The molecule has 8 heterocycles. The molecule has 1 unspecified atom stereocenters. The summed E-state index contributed by atoms with van der Waals surface area (Å²) in [4.78, 5) is 147. The van der Waals surface area contributed by atoms with E-state index < -0.39 is 58.7 Å². The smallest absolute Gasteiger partial charge is 0.337 e. The fraction of sp³-hybridized carbons (Fsp3) is 0.500. The van der Waals surface area contributed by atoms with Crippen molar-refractivity contribution in [2.24, 2.45) is 5.92 Å². The van der Waals surface area contributed by atoms with Crippen LogP contribution in [0.15, 0.2) is 70.7 Å². The molecule has 1 atom stereocenters. The number of aromatic amines is 1. The van der Waals surface area contributed by atoms with Crippen molar-refractivity contribution in [3.05, 3.63) is 143 Å². The SMILES string of the molecule is CC(F)N1C(=O)Cc2oc(=O)cc(CCCC3CC3)c2C1=O.CCCCc1cc(=O)oc2c1C(=O)N(CCC)C(=O)C2.CCCCc1cc(=O)oc2c1c(=O)[nH]c(=O)n2CF.CCCN1C(=O)Cc2oc(=O)cc(CC)c2C1=O. The molecule has 23 heteroatoms. The van der Waals surface area contributed by atoms with E-state index in [9.17, 15) is 66.3 Å². The number of halogens is 2. The van der Waals surface area contributed by atoms with Crippen molar-refractivity contribution in [1.82, 2.24) is 24.3 Å². The van der Waals surface area contributed by atoms with E-state index in [1.165, 1.54) is 46.9 Å². The van der Waals surface area contributed by atoms with Gasteiger partial charge in [-0.25, -0.2) is 42.2 Å². The summed E-state index contributed by atoms with van der Waals surface area (Å²) in [6.45, 7) is 10.5. The Morgan fingerprint density at radius 2 is 0.987 bits per heavy atom. The van der Waals surface area contributed by atoms with Gasteiger partial charge in [0, 0.05) is 37.4 Å². The van der Waals surface area contributed by atoms with E-state index in [-0.39, 0.29) is 76.8 Å². The fourth-order valence-electron chi connectivity index (χ4n) is 9.59. The highest BCUT2D eigenvalue weighted by atomic mass is 19.1. The zero-order valence-corrected chi connectivity index (χ0v) is 45.2. The number of unbranched alkanes of at least 4 members (excludes halogenated alkanes) is 2. The van der Waals surface area contributed by atoms with Crippen LogP contribution >= 0.6 is 0 Å². The second kappa shape index (κ2) is 27.1. The molecule has 0 bridgehead atoms. The molecule has 79 heavy (non-hydrogen) atoms. The molecule has 0 radical (unpaired) electrons. The lowest BCUT2D eigenvalue weighted by Gasteiger charge is -2.28. The lowest BCUT2D eigenvalue weighted by molar-refractivity contribution is -0.133. The second-order valence-electron chi connectivity index (χ2n) is 19.5. The predicted molar refractivity (Wildman–Crippen MR) is 281 cm³/mol. The Hall–Kier alpha value is -7.98. The average Bonchev–Trinajstić information content (AvgIpc) is 4.30. The molecule has 1 N–H and O–H groups in total. The quantitative estimate of drug-likeness (QED) is 0.0803. The van der Waals surface area contributed by atoms with Crippen molar-refractivity contribution in [3.8, 4) is 0 Å². The van der Waals surface area contributed by atoms with Crippen LogP contribution in [0.4, 0.5) is 8.78 Å². The zero-order valence-electron chi connectivity index (χ0n) is 45.2. The largest absolute Gasteiger partial charge is 0.426 e. The second-order valence-corrected chi connectivity index (χ2v) is 19.5. The van der Waals surface area contributed by atoms with Gasteiger partial charge < -0.3 is 17.7 Å². The van der Waals surface area contributed by atoms with Gasteiger partial charge in [-0.3, -0.25) is 48.3 Å². The molecule has 0 aromatic carbocycles. The predicted octanol–water partition coefficient (Wildman–Crippen LogP) is 6.18. The number of carbonyl (C=O) groups is 6. The third kappa shape index (κ3) is 14.2. The summed E-state index contributed by atoms with van der Waals surface area (Å²) in [6.07, 6.45) is 9.69. The minimum absolute atomic E-state index is 0.00369. The molecule has 0 spiro atoms. The van der Waals surface area contributed by atoms with E-state index in [0.717, 1.165) is 51.4 Å². The Balaban J connectivity index is 0.000000171. The van der Waals surface area contributed by atoms with Gasteiger partial charge in [-0.15, -0.1) is 0 Å². The van der Waals surface area contributed by atoms with Crippen LogP contribution in [0, 0.1) is 5.92 Å². The van der Waals surface area contributed by atoms with Crippen LogP contribution in [-0.4, -0.2) is 79.1 Å². The van der Waals surface area contributed by atoms with Crippen molar-refractivity contribution in [2.45, 2.75) is 164 Å². The number of H-pyrrole nitrogens is 1. The van der Waals surface area contributed by atoms with Gasteiger partial charge in [-0.1, -0.05) is 66.7 Å². The van der Waals surface area contributed by atoms with Crippen molar-refractivity contribution >= 4 is 46.5 Å². The molecule has 3 aliphatic heterocycles. The third-order valence-corrected chi connectivity index (χ3v) is 13.6. The number of nitrogens with zero attached hydrogens (tertiary/aromatic N) is 4. The van der Waals surface area contributed by atoms with Gasteiger partial charge in [0.25, 0.3) is 23.3 Å². The highest BCUT2D eigenvalue weighted by molar-refractivity contribution is 6.11. The number of hydrogen-bond acceptors (Lipinski definition) is 16. The number of aryl methyl sites for hydroxylation is 4. The van der Waals surface area contributed by atoms with Gasteiger partial charge in [0.2, 0.25) is 23.4 Å². The first-order valence-electron chi connectivity index (χ1n) is 26.7. The number of imide groups is 3. The summed E-state index contributed by atoms with van der Waals surface area (Å²) in [5.74, 6) is -1.37. The van der Waals surface area contributed by atoms with Gasteiger partial charge in [0.05, 0.1) is 36.0 Å². The van der Waals surface area contributed by atoms with Crippen LogP contribution in [0.5, 0.6) is 0 Å². The summed E-state index contributed by atoms with van der Waals surface area (Å²) in [5, 5.41) is 0.0605. The Morgan fingerprint density at radius 3 is 1.44 bits per heavy atom. The Labute approximate surface area is 450 Å². The van der Waals surface area contributed by atoms with Crippen LogP contribution in [0.2, 0.25) is 0 Å². The number of hydrogen-bond donors (Lipinski definition) is 1. The molecule has 424 valence electrons. The van der Waals surface area contributed by atoms with Crippen LogP contribution in [0.25, 0.3) is 11.1 Å². The van der Waals surface area contributed by atoms with E-state index in [1.54, 1.807) is 0 Å². The molecule has 1 saturated carbocycles. The molecular weight excluding hydrogens is 1040 g/mol. The van der Waals surface area contributed by atoms with Gasteiger partial charge >= 0.3 is 28.2 Å². The van der Waals surface area contributed by atoms with Gasteiger partial charge in [0.15, 0.2) is 13.1 Å². The van der Waals surface area contributed by atoms with Crippen LogP contribution < -0.4 is 33.8 Å². The van der Waals surface area contributed by atoms with E-state index >= 15 is 0 Å². The zero-order chi connectivity index (χ0) is 57.8. The lowest BCUT2D eigenvalue weighted by atomic mass is 9.96. The molecule has 5 aromatic rings. The maximum absolute atomic E-state index is 13.6. The number of carbonyl (C=O) groups excluding carboxylic acids is 6. The Kier molecular flexibility index (Phi) is 20.6. The number of alkyl halides is 2. The molecule has 1 fully saturated rings. The number of fused-ring (bicyclic) bond motifs is 4.